The van der Waals surface area contributed by atoms with E-state index in [-0.39, 0.29) is 0 Å². The van der Waals surface area contributed by atoms with Crippen molar-refractivity contribution in [2.75, 3.05) is 19.6 Å². The van der Waals surface area contributed by atoms with Gasteiger partial charge in [-0.3, -0.25) is 9.88 Å². The van der Waals surface area contributed by atoms with Crippen LogP contribution in [0.3, 0.4) is 0 Å². The molecule has 0 aliphatic carbocycles. The summed E-state index contributed by atoms with van der Waals surface area (Å²) in [5.41, 5.74) is 7.89. The molecule has 1 N–H and O–H groups in total. The number of nitrogens with one attached hydrogen (secondary N) is 1. The predicted molar refractivity (Wildman–Crippen MR) is 120 cm³/mol. The molecule has 3 aromatic rings. The fraction of sp³-hybridized carbons (Fsp3) is 0.480. The highest BCUT2D eigenvalue weighted by atomic mass is 19.4. The van der Waals surface area contributed by atoms with Gasteiger partial charge in [0.25, 0.3) is 0 Å². The van der Waals surface area contributed by atoms with Crippen LogP contribution in [0.1, 0.15) is 61.0 Å². The van der Waals surface area contributed by atoms with Gasteiger partial charge in [0, 0.05) is 27.9 Å². The zero-order chi connectivity index (χ0) is 22.3. The van der Waals surface area contributed by atoms with E-state index in [1.54, 1.807) is 0 Å². The number of piperidine rings is 1. The number of hydrogen-bond donors (Lipinski definition) is 1. The van der Waals surface area contributed by atoms with Gasteiger partial charge in [-0.1, -0.05) is 19.9 Å². The zero-order valence-electron chi connectivity index (χ0n) is 18.6. The molecule has 31 heavy (non-hydrogen) atoms. The Morgan fingerprint density at radius 2 is 1.71 bits per heavy atom. The third kappa shape index (κ3) is 4.79. The van der Waals surface area contributed by atoms with Crippen molar-refractivity contribution in [2.24, 2.45) is 0 Å². The molecular formula is C25H30F3N3. The lowest BCUT2D eigenvalue weighted by atomic mass is 9.87. The van der Waals surface area contributed by atoms with E-state index in [1.807, 2.05) is 13.8 Å². The second-order valence-corrected chi connectivity index (χ2v) is 9.18. The normalized spacial score (nSPS) is 16.5. The lowest BCUT2D eigenvalue weighted by molar-refractivity contribution is -0.147. The summed E-state index contributed by atoms with van der Waals surface area (Å²) in [5.74, 6) is 0.638. The van der Waals surface area contributed by atoms with Crippen LogP contribution in [-0.2, 0) is 0 Å². The lowest BCUT2D eigenvalue weighted by Gasteiger charge is -2.32. The minimum Gasteiger partial charge on any atom is -0.354 e. The number of alkyl halides is 3. The number of benzene rings is 1. The third-order valence-corrected chi connectivity index (χ3v) is 6.27. The van der Waals surface area contributed by atoms with Crippen molar-refractivity contribution in [3.63, 3.8) is 0 Å². The quantitative estimate of drug-likeness (QED) is 0.500. The van der Waals surface area contributed by atoms with Gasteiger partial charge in [0.2, 0.25) is 0 Å². The highest BCUT2D eigenvalue weighted by Crippen LogP contribution is 2.38. The van der Waals surface area contributed by atoms with Crippen LogP contribution in [0.5, 0.6) is 0 Å². The molecule has 166 valence electrons. The Balaban J connectivity index is 1.66. The molecule has 0 atom stereocenters. The number of pyridine rings is 1. The van der Waals surface area contributed by atoms with Crippen molar-refractivity contribution in [1.29, 1.82) is 0 Å². The van der Waals surface area contributed by atoms with E-state index in [0.29, 0.717) is 24.9 Å². The van der Waals surface area contributed by atoms with Crippen LogP contribution in [0, 0.1) is 13.8 Å². The molecule has 2 aromatic heterocycles. The van der Waals surface area contributed by atoms with Crippen molar-refractivity contribution in [1.82, 2.24) is 14.9 Å². The fourth-order valence-electron chi connectivity index (χ4n) is 4.97. The summed E-state index contributed by atoms with van der Waals surface area (Å²) in [6, 6.07) is 10.8. The van der Waals surface area contributed by atoms with Gasteiger partial charge in [-0.25, -0.2) is 0 Å². The fourth-order valence-corrected chi connectivity index (χ4v) is 4.97. The minimum absolute atomic E-state index is 0.303. The second kappa shape index (κ2) is 8.30. The summed E-state index contributed by atoms with van der Waals surface area (Å²) in [5, 5.41) is 1.22. The third-order valence-electron chi connectivity index (χ3n) is 6.27. The summed E-state index contributed by atoms with van der Waals surface area (Å²) in [6.07, 6.45) is -2.60. The minimum atomic E-state index is -4.12. The van der Waals surface area contributed by atoms with Gasteiger partial charge in [-0.2, -0.15) is 13.2 Å². The number of aromatic amines is 1. The highest BCUT2D eigenvalue weighted by molar-refractivity contribution is 5.92. The summed E-state index contributed by atoms with van der Waals surface area (Å²) in [7, 11) is 0. The number of likely N-dealkylation sites (tertiary alicyclic amines) is 1. The Labute approximate surface area is 181 Å². The van der Waals surface area contributed by atoms with Crippen LogP contribution >= 0.6 is 0 Å². The molecule has 6 heteroatoms. The van der Waals surface area contributed by atoms with Gasteiger partial charge < -0.3 is 4.98 Å². The van der Waals surface area contributed by atoms with Gasteiger partial charge in [-0.15, -0.1) is 0 Å². The van der Waals surface area contributed by atoms with Crippen LogP contribution in [0.15, 0.2) is 30.3 Å². The largest absolute Gasteiger partial charge is 0.401 e. The highest BCUT2D eigenvalue weighted by Gasteiger charge is 2.33. The monoisotopic (exact) mass is 429 g/mol. The van der Waals surface area contributed by atoms with E-state index in [9.17, 15) is 13.2 Å². The summed E-state index contributed by atoms with van der Waals surface area (Å²) >= 11 is 0. The van der Waals surface area contributed by atoms with Gasteiger partial charge in [0.05, 0.1) is 12.2 Å². The van der Waals surface area contributed by atoms with E-state index in [1.165, 1.54) is 21.4 Å². The molecular weight excluding hydrogens is 399 g/mol. The van der Waals surface area contributed by atoms with E-state index in [2.05, 4.69) is 54.1 Å². The number of nitrogens with zero attached hydrogens (tertiary/aromatic N) is 2. The average molecular weight is 430 g/mol. The number of rotatable bonds is 4. The van der Waals surface area contributed by atoms with Crippen LogP contribution in [0.2, 0.25) is 0 Å². The first kappa shape index (κ1) is 21.9. The van der Waals surface area contributed by atoms with Crippen molar-refractivity contribution in [2.45, 2.75) is 58.5 Å². The number of aryl methyl sites for hydroxylation is 2. The maximum atomic E-state index is 12.7. The van der Waals surface area contributed by atoms with Crippen LogP contribution in [0.4, 0.5) is 13.2 Å². The van der Waals surface area contributed by atoms with Gasteiger partial charge >= 0.3 is 6.18 Å². The molecule has 1 fully saturated rings. The summed E-state index contributed by atoms with van der Waals surface area (Å²) in [6.45, 7) is 8.61. The first-order chi connectivity index (χ1) is 14.6. The number of aromatic nitrogens is 2. The standard InChI is InChI=1S/C25H30F3N3/c1-15(2)23-21-13-19(18-7-9-31(10-8-18)14-25(26,27)28)5-6-22(21)30-24(23)20-11-16(3)29-17(4)12-20/h5-6,11-13,15,18,30H,7-10,14H2,1-4H3. The Morgan fingerprint density at radius 3 is 2.29 bits per heavy atom. The number of H-pyrrole nitrogens is 1. The molecule has 0 amide bonds. The molecule has 4 rings (SSSR count). The van der Waals surface area contributed by atoms with Gasteiger partial charge in [0.15, 0.2) is 0 Å². The molecule has 0 bridgehead atoms. The van der Waals surface area contributed by atoms with Crippen molar-refractivity contribution in [3.05, 3.63) is 52.8 Å². The molecule has 1 aliphatic heterocycles. The molecule has 1 aromatic carbocycles. The number of halogens is 3. The molecule has 3 heterocycles. The Bertz CT molecular complexity index is 1050. The molecule has 0 unspecified atom stereocenters. The van der Waals surface area contributed by atoms with Crippen LogP contribution in [-0.4, -0.2) is 40.7 Å². The first-order valence-electron chi connectivity index (χ1n) is 11.0. The average Bonchev–Trinajstić information content (AvgIpc) is 3.05. The summed E-state index contributed by atoms with van der Waals surface area (Å²) in [4.78, 5) is 9.65. The molecule has 1 saturated heterocycles. The SMILES string of the molecule is Cc1cc(-c2[nH]c3ccc(C4CCN(CC(F)(F)F)CC4)cc3c2C(C)C)cc(C)n1. The molecule has 1 aliphatic rings. The number of fused-ring (bicyclic) bond motifs is 1. The summed E-state index contributed by atoms with van der Waals surface area (Å²) < 4.78 is 38.1. The molecule has 0 spiro atoms. The smallest absolute Gasteiger partial charge is 0.354 e. The molecule has 0 radical (unpaired) electrons. The lowest BCUT2D eigenvalue weighted by Crippen LogP contribution is -2.39. The van der Waals surface area contributed by atoms with E-state index in [0.717, 1.165) is 41.0 Å². The van der Waals surface area contributed by atoms with Crippen molar-refractivity contribution < 1.29 is 13.2 Å². The Morgan fingerprint density at radius 1 is 1.06 bits per heavy atom. The van der Waals surface area contributed by atoms with Gasteiger partial charge in [-0.05, 0) is 87.0 Å². The maximum absolute atomic E-state index is 12.7. The topological polar surface area (TPSA) is 31.9 Å². The van der Waals surface area contributed by atoms with E-state index >= 15 is 0 Å². The van der Waals surface area contributed by atoms with E-state index in [4.69, 9.17) is 0 Å². The maximum Gasteiger partial charge on any atom is 0.401 e. The molecule has 3 nitrogen and oxygen atoms in total. The van der Waals surface area contributed by atoms with Crippen molar-refractivity contribution >= 4 is 10.9 Å². The van der Waals surface area contributed by atoms with Crippen LogP contribution in [0.25, 0.3) is 22.2 Å². The first-order valence-corrected chi connectivity index (χ1v) is 11.0. The second-order valence-electron chi connectivity index (χ2n) is 9.18. The van der Waals surface area contributed by atoms with E-state index < -0.39 is 12.7 Å². The molecule has 0 saturated carbocycles. The zero-order valence-corrected chi connectivity index (χ0v) is 18.6. The Hall–Kier alpha value is -2.34. The Kier molecular flexibility index (Phi) is 5.86. The van der Waals surface area contributed by atoms with Crippen LogP contribution < -0.4 is 0 Å². The van der Waals surface area contributed by atoms with Crippen molar-refractivity contribution in [3.8, 4) is 11.3 Å². The van der Waals surface area contributed by atoms with Gasteiger partial charge in [0.1, 0.15) is 0 Å². The number of hydrogen-bond acceptors (Lipinski definition) is 2. The predicted octanol–water partition coefficient (Wildman–Crippen LogP) is 6.71.